The summed E-state index contributed by atoms with van der Waals surface area (Å²) >= 11 is 0. The van der Waals surface area contributed by atoms with Gasteiger partial charge in [0.25, 0.3) is 0 Å². The number of likely N-dealkylation sites (tertiary alicyclic amines) is 1. The molecular weight excluding hydrogens is 294 g/mol. The van der Waals surface area contributed by atoms with Gasteiger partial charge in [0.05, 0.1) is 6.04 Å². The highest BCUT2D eigenvalue weighted by molar-refractivity contribution is 5.06. The van der Waals surface area contributed by atoms with E-state index in [0.717, 1.165) is 49.9 Å². The first-order valence-corrected chi connectivity index (χ1v) is 8.64. The van der Waals surface area contributed by atoms with Crippen LogP contribution in [0.2, 0.25) is 0 Å². The van der Waals surface area contributed by atoms with Crippen LogP contribution in [0.1, 0.15) is 80.8 Å². The maximum absolute atomic E-state index is 5.42. The van der Waals surface area contributed by atoms with Crippen molar-refractivity contribution in [2.45, 2.75) is 63.8 Å². The fourth-order valence-corrected chi connectivity index (χ4v) is 3.22. The molecule has 0 bridgehead atoms. The summed E-state index contributed by atoms with van der Waals surface area (Å²) in [5, 5.41) is 8.23. The van der Waals surface area contributed by atoms with E-state index in [1.807, 2.05) is 6.92 Å². The Morgan fingerprint density at radius 2 is 2.00 bits per heavy atom. The van der Waals surface area contributed by atoms with Crippen LogP contribution in [0.3, 0.4) is 0 Å². The molecule has 1 aliphatic heterocycles. The van der Waals surface area contributed by atoms with Crippen molar-refractivity contribution in [3.05, 3.63) is 23.4 Å². The molecule has 0 radical (unpaired) electrons. The van der Waals surface area contributed by atoms with Crippen molar-refractivity contribution in [1.29, 1.82) is 0 Å². The molecule has 0 aromatic carbocycles. The van der Waals surface area contributed by atoms with Gasteiger partial charge in [-0.05, 0) is 39.2 Å². The van der Waals surface area contributed by atoms with Crippen molar-refractivity contribution in [3.8, 4) is 0 Å². The van der Waals surface area contributed by atoms with E-state index in [-0.39, 0.29) is 6.04 Å². The molecule has 124 valence electrons. The lowest BCUT2D eigenvalue weighted by Crippen LogP contribution is -2.36. The number of nitrogens with zero attached hydrogens (tertiary/aromatic N) is 5. The molecule has 2 aromatic rings. The fraction of sp³-hybridized carbons (Fsp3) is 0.750. The molecule has 7 heteroatoms. The highest BCUT2D eigenvalue weighted by Crippen LogP contribution is 2.40. The number of rotatable bonds is 5. The Kier molecular flexibility index (Phi) is 3.88. The van der Waals surface area contributed by atoms with Crippen molar-refractivity contribution in [2.24, 2.45) is 0 Å². The summed E-state index contributed by atoms with van der Waals surface area (Å²) in [5.41, 5.74) is 0. The van der Waals surface area contributed by atoms with Gasteiger partial charge in [-0.25, -0.2) is 0 Å². The van der Waals surface area contributed by atoms with Crippen molar-refractivity contribution in [2.75, 3.05) is 13.1 Å². The van der Waals surface area contributed by atoms with Crippen LogP contribution in [0.4, 0.5) is 0 Å². The van der Waals surface area contributed by atoms with Gasteiger partial charge in [0.1, 0.15) is 0 Å². The average molecular weight is 317 g/mol. The van der Waals surface area contributed by atoms with Gasteiger partial charge in [0.15, 0.2) is 11.6 Å². The number of aromatic nitrogens is 4. The molecule has 1 saturated carbocycles. The zero-order valence-corrected chi connectivity index (χ0v) is 13.7. The second-order valence-electron chi connectivity index (χ2n) is 6.68. The molecule has 2 atom stereocenters. The van der Waals surface area contributed by atoms with Crippen LogP contribution in [0.15, 0.2) is 9.05 Å². The first-order valence-electron chi connectivity index (χ1n) is 8.64. The van der Waals surface area contributed by atoms with Gasteiger partial charge < -0.3 is 9.05 Å². The minimum absolute atomic E-state index is 0.125. The molecule has 23 heavy (non-hydrogen) atoms. The zero-order chi connectivity index (χ0) is 15.8. The van der Waals surface area contributed by atoms with Crippen LogP contribution in [0.5, 0.6) is 0 Å². The summed E-state index contributed by atoms with van der Waals surface area (Å²) < 4.78 is 10.8. The van der Waals surface area contributed by atoms with E-state index in [1.165, 1.54) is 12.8 Å². The first-order chi connectivity index (χ1) is 11.2. The van der Waals surface area contributed by atoms with Crippen molar-refractivity contribution in [3.63, 3.8) is 0 Å². The van der Waals surface area contributed by atoms with E-state index >= 15 is 0 Å². The Labute approximate surface area is 135 Å². The maximum Gasteiger partial charge on any atom is 0.243 e. The van der Waals surface area contributed by atoms with E-state index in [2.05, 4.69) is 32.1 Å². The second-order valence-corrected chi connectivity index (χ2v) is 6.68. The van der Waals surface area contributed by atoms with Gasteiger partial charge in [0, 0.05) is 24.8 Å². The molecule has 1 saturated heterocycles. The maximum atomic E-state index is 5.42. The molecule has 4 rings (SSSR count). The lowest BCUT2D eigenvalue weighted by molar-refractivity contribution is 0.130. The molecule has 0 amide bonds. The third kappa shape index (κ3) is 3.02. The quantitative estimate of drug-likeness (QED) is 0.838. The van der Waals surface area contributed by atoms with Crippen LogP contribution in [-0.2, 0) is 6.42 Å². The van der Waals surface area contributed by atoms with E-state index in [9.17, 15) is 0 Å². The lowest BCUT2D eigenvalue weighted by atomic mass is 9.96. The second kappa shape index (κ2) is 6.03. The van der Waals surface area contributed by atoms with Crippen molar-refractivity contribution in [1.82, 2.24) is 25.2 Å². The van der Waals surface area contributed by atoms with Crippen LogP contribution in [0, 0.1) is 0 Å². The van der Waals surface area contributed by atoms with Crippen LogP contribution in [0.25, 0.3) is 0 Å². The van der Waals surface area contributed by atoms with Crippen molar-refractivity contribution >= 4 is 0 Å². The summed E-state index contributed by atoms with van der Waals surface area (Å²) in [6, 6.07) is 0.125. The van der Waals surface area contributed by atoms with Gasteiger partial charge in [-0.3, -0.25) is 4.90 Å². The highest BCUT2D eigenvalue weighted by Gasteiger charge is 2.33. The molecule has 2 aliphatic rings. The molecular formula is C16H23N5O2. The molecule has 3 heterocycles. The molecule has 2 aromatic heterocycles. The summed E-state index contributed by atoms with van der Waals surface area (Å²) in [6.07, 6.45) is 5.40. The minimum atomic E-state index is 0.125. The third-order valence-corrected chi connectivity index (χ3v) is 4.91. The lowest BCUT2D eigenvalue weighted by Gasteiger charge is -2.34. The van der Waals surface area contributed by atoms with Gasteiger partial charge in [0.2, 0.25) is 11.8 Å². The predicted molar refractivity (Wildman–Crippen MR) is 81.9 cm³/mol. The molecule has 7 nitrogen and oxygen atoms in total. The molecule has 0 spiro atoms. The average Bonchev–Trinajstić information content (AvgIpc) is 3.14. The zero-order valence-electron chi connectivity index (χ0n) is 13.7. The van der Waals surface area contributed by atoms with Gasteiger partial charge >= 0.3 is 0 Å². The Morgan fingerprint density at radius 1 is 1.13 bits per heavy atom. The Balaban J connectivity index is 1.45. The normalized spacial score (nSPS) is 24.0. The summed E-state index contributed by atoms with van der Waals surface area (Å²) in [7, 11) is 0. The molecule has 0 unspecified atom stereocenters. The van der Waals surface area contributed by atoms with Gasteiger partial charge in [-0.2, -0.15) is 9.97 Å². The first kappa shape index (κ1) is 14.8. The number of piperidine rings is 1. The fourth-order valence-electron chi connectivity index (χ4n) is 3.22. The van der Waals surface area contributed by atoms with Crippen molar-refractivity contribution < 1.29 is 9.05 Å². The van der Waals surface area contributed by atoms with Crippen LogP contribution < -0.4 is 0 Å². The Bertz CT molecular complexity index is 663. The topological polar surface area (TPSA) is 81.1 Å². The van der Waals surface area contributed by atoms with Gasteiger partial charge in [-0.1, -0.05) is 17.2 Å². The molecule has 2 fully saturated rings. The Hall–Kier alpha value is -1.76. The summed E-state index contributed by atoms with van der Waals surface area (Å²) in [6.45, 7) is 6.11. The Morgan fingerprint density at radius 3 is 2.74 bits per heavy atom. The monoisotopic (exact) mass is 317 g/mol. The molecule has 1 aliphatic carbocycles. The third-order valence-electron chi connectivity index (χ3n) is 4.91. The van der Waals surface area contributed by atoms with Crippen LogP contribution >= 0.6 is 0 Å². The highest BCUT2D eigenvalue weighted by atomic mass is 16.5. The van der Waals surface area contributed by atoms with E-state index in [1.54, 1.807) is 0 Å². The van der Waals surface area contributed by atoms with Crippen LogP contribution in [-0.4, -0.2) is 38.3 Å². The van der Waals surface area contributed by atoms with E-state index in [4.69, 9.17) is 9.05 Å². The number of aryl methyl sites for hydroxylation is 1. The van der Waals surface area contributed by atoms with Gasteiger partial charge in [-0.15, -0.1) is 0 Å². The number of hydrogen-bond acceptors (Lipinski definition) is 7. The van der Waals surface area contributed by atoms with E-state index < -0.39 is 0 Å². The van der Waals surface area contributed by atoms with E-state index in [0.29, 0.717) is 17.7 Å². The smallest absolute Gasteiger partial charge is 0.243 e. The summed E-state index contributed by atoms with van der Waals surface area (Å²) in [4.78, 5) is 11.5. The standard InChI is InChI=1S/C16H23N5O2/c1-3-13-17-15(22-19-13)10(2)21-8-4-5-12(9-21)14-18-16(23-20-14)11-6-7-11/h10-12H,3-9H2,1-2H3/t10-,12+/m1/s1. The minimum Gasteiger partial charge on any atom is -0.339 e. The number of hydrogen-bond donors (Lipinski definition) is 0. The largest absolute Gasteiger partial charge is 0.339 e. The predicted octanol–water partition coefficient (Wildman–Crippen LogP) is 2.83. The SMILES string of the molecule is CCc1noc([C@@H](C)N2CCC[C@H](c3noc(C4CC4)n3)C2)n1. The molecule has 0 N–H and O–H groups in total. The summed E-state index contributed by atoms with van der Waals surface area (Å²) in [5.74, 6) is 4.01.